The van der Waals surface area contributed by atoms with Gasteiger partial charge in [0.05, 0.1) is 6.10 Å². The van der Waals surface area contributed by atoms with Crippen LogP contribution in [0.4, 0.5) is 0 Å². The minimum atomic E-state index is 0.368. The predicted octanol–water partition coefficient (Wildman–Crippen LogP) is 2.27. The molecular weight excluding hydrogens is 224 g/mol. The first-order chi connectivity index (χ1) is 8.55. The number of hydrogen-bond acceptors (Lipinski definition) is 3. The monoisotopic (exact) mass is 254 g/mol. The van der Waals surface area contributed by atoms with Crippen LogP contribution in [0.15, 0.2) is 0 Å². The maximum atomic E-state index is 5.69. The van der Waals surface area contributed by atoms with Gasteiger partial charge in [-0.05, 0) is 37.6 Å². The van der Waals surface area contributed by atoms with Crippen molar-refractivity contribution in [2.24, 2.45) is 5.41 Å². The lowest BCUT2D eigenvalue weighted by Crippen LogP contribution is -2.55. The summed E-state index contributed by atoms with van der Waals surface area (Å²) in [7, 11) is 0. The second kappa shape index (κ2) is 6.36. The van der Waals surface area contributed by atoms with Gasteiger partial charge in [-0.2, -0.15) is 0 Å². The van der Waals surface area contributed by atoms with Crippen LogP contribution in [0.5, 0.6) is 0 Å². The topological polar surface area (TPSA) is 24.5 Å². The second-order valence-corrected chi connectivity index (χ2v) is 6.95. The minimum Gasteiger partial charge on any atom is -0.378 e. The smallest absolute Gasteiger partial charge is 0.0576 e. The summed E-state index contributed by atoms with van der Waals surface area (Å²) in [5.41, 5.74) is 0.368. The zero-order chi connectivity index (χ0) is 13.0. The molecule has 3 nitrogen and oxygen atoms in total. The molecule has 0 saturated carbocycles. The molecule has 0 spiro atoms. The van der Waals surface area contributed by atoms with Crippen LogP contribution in [-0.4, -0.2) is 49.8 Å². The highest BCUT2D eigenvalue weighted by molar-refractivity contribution is 4.87. The molecule has 0 bridgehead atoms. The molecule has 2 fully saturated rings. The average molecular weight is 254 g/mol. The first-order valence-corrected chi connectivity index (χ1v) is 7.63. The third-order valence-electron chi connectivity index (χ3n) is 4.33. The molecule has 18 heavy (non-hydrogen) atoms. The van der Waals surface area contributed by atoms with Crippen LogP contribution in [-0.2, 0) is 4.74 Å². The molecule has 0 aromatic carbocycles. The molecule has 106 valence electrons. The van der Waals surface area contributed by atoms with Crippen molar-refractivity contribution in [1.82, 2.24) is 10.2 Å². The average Bonchev–Trinajstić information content (AvgIpc) is 2.81. The highest BCUT2D eigenvalue weighted by Crippen LogP contribution is 2.22. The Bertz CT molecular complexity index is 243. The minimum absolute atomic E-state index is 0.368. The van der Waals surface area contributed by atoms with E-state index in [0.717, 1.165) is 13.2 Å². The van der Waals surface area contributed by atoms with Crippen LogP contribution in [0.1, 0.15) is 46.5 Å². The van der Waals surface area contributed by atoms with E-state index in [0.29, 0.717) is 17.6 Å². The molecule has 0 radical (unpaired) electrons. The third-order valence-corrected chi connectivity index (χ3v) is 4.33. The van der Waals surface area contributed by atoms with Crippen molar-refractivity contribution in [2.75, 3.05) is 32.8 Å². The molecule has 2 rings (SSSR count). The van der Waals surface area contributed by atoms with Gasteiger partial charge < -0.3 is 15.0 Å². The van der Waals surface area contributed by atoms with Gasteiger partial charge in [-0.1, -0.05) is 20.8 Å². The van der Waals surface area contributed by atoms with Gasteiger partial charge >= 0.3 is 0 Å². The molecule has 0 amide bonds. The maximum Gasteiger partial charge on any atom is 0.0576 e. The molecule has 2 heterocycles. The molecule has 2 aliphatic heterocycles. The number of hydrogen-bond donors (Lipinski definition) is 1. The van der Waals surface area contributed by atoms with Gasteiger partial charge in [-0.3, -0.25) is 0 Å². The first kappa shape index (κ1) is 14.3. The highest BCUT2D eigenvalue weighted by Gasteiger charge is 2.29. The van der Waals surface area contributed by atoms with Crippen LogP contribution in [0.3, 0.4) is 0 Å². The lowest BCUT2D eigenvalue weighted by molar-refractivity contribution is 0.0920. The molecule has 2 atom stereocenters. The molecule has 1 N–H and O–H groups in total. The van der Waals surface area contributed by atoms with Crippen LogP contribution >= 0.6 is 0 Å². The molecule has 0 aromatic heterocycles. The van der Waals surface area contributed by atoms with Crippen molar-refractivity contribution < 1.29 is 4.74 Å². The van der Waals surface area contributed by atoms with E-state index in [4.69, 9.17) is 4.74 Å². The summed E-state index contributed by atoms with van der Waals surface area (Å²) in [6.07, 6.45) is 5.66. The van der Waals surface area contributed by atoms with Crippen molar-refractivity contribution in [3.8, 4) is 0 Å². The van der Waals surface area contributed by atoms with Crippen molar-refractivity contribution >= 4 is 0 Å². The zero-order valence-corrected chi connectivity index (χ0v) is 12.4. The van der Waals surface area contributed by atoms with E-state index in [1.807, 2.05) is 0 Å². The molecule has 3 heteroatoms. The molecule has 2 unspecified atom stereocenters. The fraction of sp³-hybridized carbons (Fsp3) is 1.00. The summed E-state index contributed by atoms with van der Waals surface area (Å²) in [6.45, 7) is 12.8. The molecule has 2 saturated heterocycles. The standard InChI is InChI=1S/C15H30N2O/c1-15(2,3)14-12-17(10-8-16-14)9-4-6-13-7-5-11-18-13/h13-14,16H,4-12H2,1-3H3. The predicted molar refractivity (Wildman–Crippen MR) is 75.9 cm³/mol. The largest absolute Gasteiger partial charge is 0.378 e. The fourth-order valence-electron chi connectivity index (χ4n) is 3.01. The molecule has 2 aliphatic rings. The van der Waals surface area contributed by atoms with E-state index < -0.39 is 0 Å². The quantitative estimate of drug-likeness (QED) is 0.833. The van der Waals surface area contributed by atoms with Gasteiger partial charge in [0.2, 0.25) is 0 Å². The summed E-state index contributed by atoms with van der Waals surface area (Å²) in [6, 6.07) is 0.633. The van der Waals surface area contributed by atoms with Crippen molar-refractivity contribution in [3.63, 3.8) is 0 Å². The Hall–Kier alpha value is -0.120. The van der Waals surface area contributed by atoms with Crippen LogP contribution in [0.25, 0.3) is 0 Å². The third kappa shape index (κ3) is 4.22. The van der Waals surface area contributed by atoms with E-state index in [-0.39, 0.29) is 0 Å². The van der Waals surface area contributed by atoms with Crippen molar-refractivity contribution in [1.29, 1.82) is 0 Å². The van der Waals surface area contributed by atoms with Gasteiger partial charge in [-0.15, -0.1) is 0 Å². The van der Waals surface area contributed by atoms with E-state index in [1.165, 1.54) is 45.3 Å². The Morgan fingerprint density at radius 1 is 1.33 bits per heavy atom. The number of rotatable bonds is 4. The maximum absolute atomic E-state index is 5.69. The van der Waals surface area contributed by atoms with Gasteiger partial charge in [0.25, 0.3) is 0 Å². The van der Waals surface area contributed by atoms with Gasteiger partial charge in [-0.25, -0.2) is 0 Å². The van der Waals surface area contributed by atoms with Gasteiger partial charge in [0.15, 0.2) is 0 Å². The summed E-state index contributed by atoms with van der Waals surface area (Å²) < 4.78 is 5.69. The van der Waals surface area contributed by atoms with Crippen LogP contribution in [0, 0.1) is 5.41 Å². The number of piperazine rings is 1. The molecular formula is C15H30N2O. The Kier molecular flexibility index (Phi) is 5.05. The van der Waals surface area contributed by atoms with Crippen molar-refractivity contribution in [2.45, 2.75) is 58.6 Å². The summed E-state index contributed by atoms with van der Waals surface area (Å²) in [4.78, 5) is 2.63. The number of ether oxygens (including phenoxy) is 1. The lowest BCUT2D eigenvalue weighted by Gasteiger charge is -2.40. The number of nitrogens with one attached hydrogen (secondary N) is 1. The Labute approximate surface area is 112 Å². The molecule has 0 aromatic rings. The van der Waals surface area contributed by atoms with E-state index in [1.54, 1.807) is 0 Å². The van der Waals surface area contributed by atoms with Crippen molar-refractivity contribution in [3.05, 3.63) is 0 Å². The second-order valence-electron chi connectivity index (χ2n) is 6.95. The summed E-state index contributed by atoms with van der Waals surface area (Å²) in [5, 5.41) is 3.65. The van der Waals surface area contributed by atoms with Crippen LogP contribution < -0.4 is 5.32 Å². The summed E-state index contributed by atoms with van der Waals surface area (Å²) >= 11 is 0. The Morgan fingerprint density at radius 3 is 2.83 bits per heavy atom. The fourth-order valence-corrected chi connectivity index (χ4v) is 3.01. The zero-order valence-electron chi connectivity index (χ0n) is 12.4. The van der Waals surface area contributed by atoms with Gasteiger partial charge in [0, 0.05) is 32.3 Å². The first-order valence-electron chi connectivity index (χ1n) is 7.63. The molecule has 0 aliphatic carbocycles. The summed E-state index contributed by atoms with van der Waals surface area (Å²) in [5.74, 6) is 0. The normalized spacial score (nSPS) is 30.8. The van der Waals surface area contributed by atoms with E-state index in [9.17, 15) is 0 Å². The highest BCUT2D eigenvalue weighted by atomic mass is 16.5. The van der Waals surface area contributed by atoms with Gasteiger partial charge in [0.1, 0.15) is 0 Å². The van der Waals surface area contributed by atoms with Crippen LogP contribution in [0.2, 0.25) is 0 Å². The van der Waals surface area contributed by atoms with E-state index >= 15 is 0 Å². The SMILES string of the molecule is CC(C)(C)C1CN(CCCC2CCCO2)CCN1. The van der Waals surface area contributed by atoms with E-state index in [2.05, 4.69) is 31.0 Å². The lowest BCUT2D eigenvalue weighted by atomic mass is 9.85. The number of nitrogens with zero attached hydrogens (tertiary/aromatic N) is 1. The Morgan fingerprint density at radius 2 is 2.17 bits per heavy atom. The Balaban J connectivity index is 1.66.